The maximum atomic E-state index is 9.38. The fourth-order valence-corrected chi connectivity index (χ4v) is 2.35. The van der Waals surface area contributed by atoms with Crippen molar-refractivity contribution in [2.24, 2.45) is 0 Å². The highest BCUT2D eigenvalue weighted by molar-refractivity contribution is 5.50. The number of anilines is 1. The van der Waals surface area contributed by atoms with Gasteiger partial charge in [-0.2, -0.15) is 0 Å². The number of nitrogens with zero attached hydrogens (tertiary/aromatic N) is 3. The number of ether oxygens (including phenoxy) is 1. The van der Waals surface area contributed by atoms with Gasteiger partial charge < -0.3 is 14.7 Å². The Morgan fingerprint density at radius 1 is 1.32 bits per heavy atom. The zero-order valence-electron chi connectivity index (χ0n) is 13.4. The second-order valence-electron chi connectivity index (χ2n) is 5.45. The highest BCUT2D eigenvalue weighted by atomic mass is 16.5. The minimum Gasteiger partial charge on any atom is -0.481 e. The van der Waals surface area contributed by atoms with Gasteiger partial charge in [-0.25, -0.2) is 9.97 Å². The molecule has 5 nitrogen and oxygen atoms in total. The van der Waals surface area contributed by atoms with E-state index in [1.54, 1.807) is 13.3 Å². The molecule has 1 aromatic carbocycles. The Balaban J connectivity index is 2.28. The van der Waals surface area contributed by atoms with Crippen molar-refractivity contribution in [3.05, 3.63) is 47.9 Å². The van der Waals surface area contributed by atoms with Gasteiger partial charge >= 0.3 is 0 Å². The van der Waals surface area contributed by atoms with Crippen LogP contribution in [0.3, 0.4) is 0 Å². The van der Waals surface area contributed by atoms with Crippen molar-refractivity contribution in [2.75, 3.05) is 25.2 Å². The third-order valence-corrected chi connectivity index (χ3v) is 3.57. The van der Waals surface area contributed by atoms with Crippen LogP contribution in [-0.4, -0.2) is 35.3 Å². The number of hydrogen-bond acceptors (Lipinski definition) is 5. The Kier molecular flexibility index (Phi) is 5.72. The maximum absolute atomic E-state index is 9.38. The molecule has 0 radical (unpaired) electrons. The summed E-state index contributed by atoms with van der Waals surface area (Å²) in [4.78, 5) is 10.3. The summed E-state index contributed by atoms with van der Waals surface area (Å²) in [7, 11) is 1.60. The van der Waals surface area contributed by atoms with Crippen LogP contribution >= 0.6 is 0 Å². The molecule has 0 spiro atoms. The fraction of sp³-hybridized carbons (Fsp3) is 0.412. The molecule has 5 heteroatoms. The van der Waals surface area contributed by atoms with Crippen molar-refractivity contribution >= 4 is 5.69 Å². The van der Waals surface area contributed by atoms with Crippen LogP contribution in [0.15, 0.2) is 36.8 Å². The van der Waals surface area contributed by atoms with Gasteiger partial charge in [0, 0.05) is 25.0 Å². The molecule has 1 heterocycles. The van der Waals surface area contributed by atoms with Crippen LogP contribution in [0.25, 0.3) is 0 Å². The van der Waals surface area contributed by atoms with E-state index in [1.165, 1.54) is 11.9 Å². The average molecular weight is 301 g/mol. The van der Waals surface area contributed by atoms with Gasteiger partial charge in [-0.05, 0) is 23.6 Å². The first-order valence-electron chi connectivity index (χ1n) is 7.44. The second-order valence-corrected chi connectivity index (χ2v) is 5.45. The van der Waals surface area contributed by atoms with E-state index in [0.29, 0.717) is 24.9 Å². The van der Waals surface area contributed by atoms with Gasteiger partial charge in [0.1, 0.15) is 6.33 Å². The van der Waals surface area contributed by atoms with Gasteiger partial charge in [0.15, 0.2) is 0 Å². The molecule has 0 fully saturated rings. The van der Waals surface area contributed by atoms with Gasteiger partial charge in [-0.1, -0.05) is 26.0 Å². The van der Waals surface area contributed by atoms with Crippen LogP contribution in [0.1, 0.15) is 30.9 Å². The van der Waals surface area contributed by atoms with Gasteiger partial charge in [0.05, 0.1) is 19.3 Å². The molecule has 1 aromatic heterocycles. The molecule has 0 aliphatic heterocycles. The SMILES string of the molecule is COc1ncncc1CN(CCO)c1cccc(C(C)C)c1. The fourth-order valence-electron chi connectivity index (χ4n) is 2.35. The van der Waals surface area contributed by atoms with Gasteiger partial charge in [0.2, 0.25) is 5.88 Å². The van der Waals surface area contributed by atoms with Crippen molar-refractivity contribution in [1.29, 1.82) is 0 Å². The third kappa shape index (κ3) is 3.95. The summed E-state index contributed by atoms with van der Waals surface area (Å²) in [5.41, 5.74) is 3.25. The second kappa shape index (κ2) is 7.75. The number of hydrogen-bond donors (Lipinski definition) is 1. The standard InChI is InChI=1S/C17H23N3O2/c1-13(2)14-5-4-6-16(9-14)20(7-8-21)11-15-10-18-12-19-17(15)22-3/h4-6,9-10,12-13,21H,7-8,11H2,1-3H3. The molecular formula is C17H23N3O2. The van der Waals surface area contributed by atoms with E-state index < -0.39 is 0 Å². The molecule has 0 saturated carbocycles. The minimum absolute atomic E-state index is 0.0852. The molecule has 0 unspecified atom stereocenters. The molecule has 1 N–H and O–H groups in total. The summed E-state index contributed by atoms with van der Waals surface area (Å²) >= 11 is 0. The first-order chi connectivity index (χ1) is 10.7. The van der Waals surface area contributed by atoms with Gasteiger partial charge in [0.25, 0.3) is 0 Å². The van der Waals surface area contributed by atoms with Crippen molar-refractivity contribution < 1.29 is 9.84 Å². The zero-order chi connectivity index (χ0) is 15.9. The number of rotatable bonds is 7. The number of aliphatic hydroxyl groups excluding tert-OH is 1. The number of methoxy groups -OCH3 is 1. The van der Waals surface area contributed by atoms with Gasteiger partial charge in [-0.3, -0.25) is 0 Å². The molecule has 2 aromatic rings. The number of aliphatic hydroxyl groups is 1. The molecule has 0 aliphatic rings. The molecule has 2 rings (SSSR count). The Bertz CT molecular complexity index is 602. The molecule has 22 heavy (non-hydrogen) atoms. The minimum atomic E-state index is 0.0852. The van der Waals surface area contributed by atoms with E-state index in [9.17, 15) is 5.11 Å². The zero-order valence-corrected chi connectivity index (χ0v) is 13.4. The van der Waals surface area contributed by atoms with Crippen LogP contribution < -0.4 is 9.64 Å². The lowest BCUT2D eigenvalue weighted by atomic mass is 10.0. The predicted molar refractivity (Wildman–Crippen MR) is 87.3 cm³/mol. The van der Waals surface area contributed by atoms with E-state index in [1.807, 2.05) is 6.07 Å². The van der Waals surface area contributed by atoms with Crippen molar-refractivity contribution in [3.63, 3.8) is 0 Å². The maximum Gasteiger partial charge on any atom is 0.221 e. The third-order valence-electron chi connectivity index (χ3n) is 3.57. The highest BCUT2D eigenvalue weighted by Gasteiger charge is 2.12. The van der Waals surface area contributed by atoms with Crippen molar-refractivity contribution in [3.8, 4) is 5.88 Å². The van der Waals surface area contributed by atoms with E-state index in [4.69, 9.17) is 4.74 Å². The lowest BCUT2D eigenvalue weighted by Gasteiger charge is -2.25. The van der Waals surface area contributed by atoms with Crippen LogP contribution in [0, 0.1) is 0 Å². The number of aromatic nitrogens is 2. The predicted octanol–water partition coefficient (Wildman–Crippen LogP) is 2.61. The summed E-state index contributed by atoms with van der Waals surface area (Å²) in [5.74, 6) is 1.03. The van der Waals surface area contributed by atoms with E-state index in [2.05, 4.69) is 46.9 Å². The quantitative estimate of drug-likeness (QED) is 0.852. The normalized spacial score (nSPS) is 10.8. The monoisotopic (exact) mass is 301 g/mol. The Hall–Kier alpha value is -2.14. The molecule has 0 atom stereocenters. The first-order valence-corrected chi connectivity index (χ1v) is 7.44. The van der Waals surface area contributed by atoms with Crippen LogP contribution in [0.2, 0.25) is 0 Å². The van der Waals surface area contributed by atoms with E-state index >= 15 is 0 Å². The topological polar surface area (TPSA) is 58.5 Å². The first kappa shape index (κ1) is 16.2. The largest absolute Gasteiger partial charge is 0.481 e. The van der Waals surface area contributed by atoms with Crippen molar-refractivity contribution in [2.45, 2.75) is 26.3 Å². The van der Waals surface area contributed by atoms with Crippen LogP contribution in [0.4, 0.5) is 5.69 Å². The molecule has 0 amide bonds. The summed E-state index contributed by atoms with van der Waals surface area (Å²) in [6, 6.07) is 8.39. The molecular weight excluding hydrogens is 278 g/mol. The molecule has 0 aliphatic carbocycles. The summed E-state index contributed by atoms with van der Waals surface area (Å²) in [5, 5.41) is 9.38. The van der Waals surface area contributed by atoms with E-state index in [0.717, 1.165) is 11.3 Å². The average Bonchev–Trinajstić information content (AvgIpc) is 2.55. The number of benzene rings is 1. The molecule has 0 bridgehead atoms. The van der Waals surface area contributed by atoms with Crippen molar-refractivity contribution in [1.82, 2.24) is 9.97 Å². The van der Waals surface area contributed by atoms with Gasteiger partial charge in [-0.15, -0.1) is 0 Å². The van der Waals surface area contributed by atoms with Crippen LogP contribution in [0.5, 0.6) is 5.88 Å². The summed E-state index contributed by atoms with van der Waals surface area (Å²) in [6.07, 6.45) is 3.22. The Labute approximate surface area is 131 Å². The Morgan fingerprint density at radius 3 is 2.82 bits per heavy atom. The Morgan fingerprint density at radius 2 is 2.14 bits per heavy atom. The lowest BCUT2D eigenvalue weighted by molar-refractivity contribution is 0.301. The van der Waals surface area contributed by atoms with E-state index in [-0.39, 0.29) is 6.61 Å². The summed E-state index contributed by atoms with van der Waals surface area (Å²) < 4.78 is 5.28. The highest BCUT2D eigenvalue weighted by Crippen LogP contribution is 2.24. The molecule has 118 valence electrons. The van der Waals surface area contributed by atoms with Crippen LogP contribution in [-0.2, 0) is 6.54 Å². The molecule has 0 saturated heterocycles. The summed E-state index contributed by atoms with van der Waals surface area (Å²) in [6.45, 7) is 5.56. The smallest absolute Gasteiger partial charge is 0.221 e. The lowest BCUT2D eigenvalue weighted by Crippen LogP contribution is -2.26.